The molecule has 0 aromatic rings. The first-order chi connectivity index (χ1) is 11.6. The minimum absolute atomic E-state index is 0.0864. The topological polar surface area (TPSA) is 34.1 Å². The van der Waals surface area contributed by atoms with Crippen LogP contribution in [0.15, 0.2) is 37.5 Å². The van der Waals surface area contributed by atoms with Crippen LogP contribution < -0.4 is 0 Å². The van der Waals surface area contributed by atoms with Gasteiger partial charge in [0.15, 0.2) is 9.84 Å². The van der Waals surface area contributed by atoms with Gasteiger partial charge in [0.1, 0.15) is 0 Å². The van der Waals surface area contributed by atoms with Gasteiger partial charge >= 0.3 is 0 Å². The van der Waals surface area contributed by atoms with Crippen molar-refractivity contribution >= 4 is 9.84 Å². The predicted molar refractivity (Wildman–Crippen MR) is 102 cm³/mol. The predicted octanol–water partition coefficient (Wildman–Crippen LogP) is 5.08. The summed E-state index contributed by atoms with van der Waals surface area (Å²) in [4.78, 5) is 0. The van der Waals surface area contributed by atoms with Crippen LogP contribution in [0.3, 0.4) is 0 Å². The number of hydrogen-bond donors (Lipinski definition) is 0. The van der Waals surface area contributed by atoms with Gasteiger partial charge in [-0.1, -0.05) is 37.1 Å². The molecule has 3 heteroatoms. The van der Waals surface area contributed by atoms with E-state index < -0.39 is 9.84 Å². The lowest BCUT2D eigenvalue weighted by atomic mass is 9.77. The largest absolute Gasteiger partial charge is 0.228 e. The van der Waals surface area contributed by atoms with Crippen molar-refractivity contribution in [2.75, 3.05) is 0 Å². The summed E-state index contributed by atoms with van der Waals surface area (Å²) in [5.74, 6) is 1.85. The number of hydrogen-bond acceptors (Lipinski definition) is 2. The highest BCUT2D eigenvalue weighted by molar-refractivity contribution is 7.93. The second kappa shape index (κ2) is 7.59. The summed E-state index contributed by atoms with van der Waals surface area (Å²) in [5, 5.41) is -0.173. The van der Waals surface area contributed by atoms with Crippen LogP contribution in [0.1, 0.15) is 57.8 Å². The molecule has 0 spiro atoms. The Bertz CT molecular complexity index is 545. The van der Waals surface area contributed by atoms with Crippen molar-refractivity contribution < 1.29 is 8.42 Å². The maximum Gasteiger partial charge on any atom is 0.156 e. The SMILES string of the molecule is C=CCCCC[C@@H]1[C@H]2C3C=CC(C3)[C@H]2[C@H](CCCCC=C)S1(=O)=O. The van der Waals surface area contributed by atoms with E-state index in [2.05, 4.69) is 25.3 Å². The lowest BCUT2D eigenvalue weighted by molar-refractivity contribution is 0.301. The van der Waals surface area contributed by atoms with Gasteiger partial charge in [-0.3, -0.25) is 0 Å². The normalized spacial score (nSPS) is 38.3. The Morgan fingerprint density at radius 2 is 1.29 bits per heavy atom. The molecule has 2 unspecified atom stereocenters. The zero-order valence-electron chi connectivity index (χ0n) is 14.8. The number of sulfone groups is 1. The van der Waals surface area contributed by atoms with Crippen LogP contribution in [-0.2, 0) is 9.84 Å². The number of allylic oxidation sites excluding steroid dienone is 4. The maximum absolute atomic E-state index is 13.3. The molecule has 0 amide bonds. The molecule has 0 N–H and O–H groups in total. The molecule has 1 saturated heterocycles. The van der Waals surface area contributed by atoms with Gasteiger partial charge in [-0.05, 0) is 68.6 Å². The fourth-order valence-electron chi connectivity index (χ4n) is 5.59. The van der Waals surface area contributed by atoms with E-state index in [-0.39, 0.29) is 10.5 Å². The van der Waals surface area contributed by atoms with Crippen LogP contribution in [0, 0.1) is 23.7 Å². The third-order valence-corrected chi connectivity index (χ3v) is 9.37. The smallest absolute Gasteiger partial charge is 0.156 e. The van der Waals surface area contributed by atoms with E-state index in [9.17, 15) is 8.42 Å². The van der Waals surface area contributed by atoms with Gasteiger partial charge in [0.25, 0.3) is 0 Å². The zero-order chi connectivity index (χ0) is 17.2. The van der Waals surface area contributed by atoms with Gasteiger partial charge < -0.3 is 0 Å². The first-order valence-corrected chi connectivity index (χ1v) is 11.3. The Balaban J connectivity index is 1.72. The molecule has 1 aliphatic heterocycles. The molecule has 134 valence electrons. The number of unbranched alkanes of at least 4 members (excludes halogenated alkanes) is 4. The third kappa shape index (κ3) is 3.16. The van der Waals surface area contributed by atoms with E-state index in [0.717, 1.165) is 51.4 Å². The minimum Gasteiger partial charge on any atom is -0.228 e. The standard InChI is InChI=1S/C21H32O2S/c1-3-5-7-9-11-18-20-16-13-14-17(15-16)21(20)19(24(18,22)23)12-10-8-6-4-2/h3-4,13-14,16-21H,1-2,5-12,15H2/t16?,17?,18-,19+,20-,21+. The van der Waals surface area contributed by atoms with E-state index in [1.165, 1.54) is 6.42 Å². The van der Waals surface area contributed by atoms with Crippen molar-refractivity contribution in [2.24, 2.45) is 23.7 Å². The molecule has 2 aliphatic carbocycles. The van der Waals surface area contributed by atoms with Crippen molar-refractivity contribution in [2.45, 2.75) is 68.3 Å². The van der Waals surface area contributed by atoms with Crippen molar-refractivity contribution in [3.8, 4) is 0 Å². The quantitative estimate of drug-likeness (QED) is 0.407. The van der Waals surface area contributed by atoms with Crippen LogP contribution in [0.4, 0.5) is 0 Å². The van der Waals surface area contributed by atoms with Gasteiger partial charge in [0.05, 0.1) is 10.5 Å². The highest BCUT2D eigenvalue weighted by Crippen LogP contribution is 2.59. The van der Waals surface area contributed by atoms with Gasteiger partial charge in [-0.25, -0.2) is 8.42 Å². The Labute approximate surface area is 148 Å². The third-order valence-electron chi connectivity index (χ3n) is 6.58. The van der Waals surface area contributed by atoms with Crippen LogP contribution in [0.25, 0.3) is 0 Å². The van der Waals surface area contributed by atoms with E-state index in [1.807, 2.05) is 12.2 Å². The van der Waals surface area contributed by atoms with Crippen molar-refractivity contribution in [1.29, 1.82) is 0 Å². The first-order valence-electron chi connectivity index (χ1n) is 9.74. The summed E-state index contributed by atoms with van der Waals surface area (Å²) >= 11 is 0. The molecule has 3 aliphatic rings. The number of fused-ring (bicyclic) bond motifs is 5. The lowest BCUT2D eigenvalue weighted by Crippen LogP contribution is -2.28. The zero-order valence-corrected chi connectivity index (χ0v) is 15.6. The summed E-state index contributed by atoms with van der Waals surface area (Å²) in [6, 6.07) is 0. The Hall–Kier alpha value is -0.830. The average Bonchev–Trinajstić information content (AvgIpc) is 3.21. The second-order valence-corrected chi connectivity index (χ2v) is 10.3. The molecule has 1 heterocycles. The van der Waals surface area contributed by atoms with E-state index in [4.69, 9.17) is 0 Å². The van der Waals surface area contributed by atoms with Gasteiger partial charge in [-0.15, -0.1) is 13.2 Å². The van der Waals surface area contributed by atoms with Crippen LogP contribution in [-0.4, -0.2) is 18.9 Å². The molecular weight excluding hydrogens is 316 g/mol. The van der Waals surface area contributed by atoms with E-state index >= 15 is 0 Å². The molecule has 2 nitrogen and oxygen atoms in total. The van der Waals surface area contributed by atoms with Crippen LogP contribution in [0.5, 0.6) is 0 Å². The maximum atomic E-state index is 13.3. The highest BCUT2D eigenvalue weighted by Gasteiger charge is 2.62. The molecule has 0 aromatic carbocycles. The second-order valence-electron chi connectivity index (χ2n) is 7.92. The average molecular weight is 349 g/mol. The Kier molecular flexibility index (Phi) is 5.69. The minimum atomic E-state index is -2.98. The first kappa shape index (κ1) is 18.0. The molecule has 0 radical (unpaired) electrons. The Morgan fingerprint density at radius 1 is 0.833 bits per heavy atom. The molecular formula is C21H32O2S. The monoisotopic (exact) mass is 348 g/mol. The van der Waals surface area contributed by atoms with Gasteiger partial charge in [0, 0.05) is 0 Å². The van der Waals surface area contributed by atoms with Crippen LogP contribution >= 0.6 is 0 Å². The molecule has 0 aromatic heterocycles. The summed E-state index contributed by atoms with van der Waals surface area (Å²) in [6.07, 6.45) is 17.6. The molecule has 1 saturated carbocycles. The van der Waals surface area contributed by atoms with Crippen molar-refractivity contribution in [1.82, 2.24) is 0 Å². The molecule has 6 atom stereocenters. The van der Waals surface area contributed by atoms with Gasteiger partial charge in [0.2, 0.25) is 0 Å². The summed E-state index contributed by atoms with van der Waals surface area (Å²) in [5.41, 5.74) is 0. The summed E-state index contributed by atoms with van der Waals surface area (Å²) < 4.78 is 26.6. The molecule has 2 fully saturated rings. The van der Waals surface area contributed by atoms with Crippen molar-refractivity contribution in [3.05, 3.63) is 37.5 Å². The molecule has 24 heavy (non-hydrogen) atoms. The Morgan fingerprint density at radius 3 is 1.71 bits per heavy atom. The number of rotatable bonds is 10. The van der Waals surface area contributed by atoms with Gasteiger partial charge in [-0.2, -0.15) is 0 Å². The van der Waals surface area contributed by atoms with Crippen LogP contribution in [0.2, 0.25) is 0 Å². The molecule has 2 bridgehead atoms. The lowest BCUT2D eigenvalue weighted by Gasteiger charge is -2.25. The summed E-state index contributed by atoms with van der Waals surface area (Å²) in [6.45, 7) is 7.54. The van der Waals surface area contributed by atoms with E-state index in [1.54, 1.807) is 0 Å². The fraction of sp³-hybridized carbons (Fsp3) is 0.714. The fourth-order valence-corrected chi connectivity index (χ4v) is 8.67. The van der Waals surface area contributed by atoms with E-state index in [0.29, 0.717) is 23.7 Å². The summed E-state index contributed by atoms with van der Waals surface area (Å²) in [7, 11) is -2.98. The molecule has 3 rings (SSSR count). The highest BCUT2D eigenvalue weighted by atomic mass is 32.2. The van der Waals surface area contributed by atoms with Crippen molar-refractivity contribution in [3.63, 3.8) is 0 Å².